The Bertz CT molecular complexity index is 1070. The first-order valence-electron chi connectivity index (χ1n) is 9.60. The van der Waals surface area contributed by atoms with Crippen LogP contribution in [0.15, 0.2) is 53.5 Å². The van der Waals surface area contributed by atoms with E-state index in [1.807, 2.05) is 36.1 Å². The third-order valence-corrected chi connectivity index (χ3v) is 8.19. The molecule has 2 fully saturated rings. The van der Waals surface area contributed by atoms with Crippen LogP contribution in [-0.2, 0) is 21.1 Å². The molecule has 30 heavy (non-hydrogen) atoms. The molecule has 2 heterocycles. The van der Waals surface area contributed by atoms with Gasteiger partial charge >= 0.3 is 0 Å². The summed E-state index contributed by atoms with van der Waals surface area (Å²) in [6.45, 7) is 2.45. The summed E-state index contributed by atoms with van der Waals surface area (Å²) < 4.78 is 42.9. The van der Waals surface area contributed by atoms with Crippen molar-refractivity contribution < 1.29 is 22.3 Å². The smallest absolute Gasteiger partial charge is 0.252 e. The summed E-state index contributed by atoms with van der Waals surface area (Å²) in [6, 6.07) is 12.8. The van der Waals surface area contributed by atoms with Crippen LogP contribution in [0.5, 0.6) is 5.75 Å². The van der Waals surface area contributed by atoms with Gasteiger partial charge in [-0.3, -0.25) is 4.79 Å². The van der Waals surface area contributed by atoms with Crippen molar-refractivity contribution in [1.29, 1.82) is 0 Å². The highest BCUT2D eigenvalue weighted by Gasteiger charge is 2.49. The summed E-state index contributed by atoms with van der Waals surface area (Å²) in [6.07, 6.45) is 0.0507. The molecule has 2 aliphatic rings. The van der Waals surface area contributed by atoms with Crippen LogP contribution in [0, 0.1) is 5.82 Å². The SMILES string of the molecule is CCOc1ccc(N2C(=NC(=O)Cc3ccc(F)cc3)S[C@H]3CS(=O)(=O)C[C@H]32)cc1. The van der Waals surface area contributed by atoms with Gasteiger partial charge in [0.15, 0.2) is 15.0 Å². The Hall–Kier alpha value is -2.39. The molecule has 0 radical (unpaired) electrons. The second-order valence-corrected chi connectivity index (χ2v) is 10.5. The lowest BCUT2D eigenvalue weighted by atomic mass is 10.1. The van der Waals surface area contributed by atoms with E-state index in [4.69, 9.17) is 4.74 Å². The number of amides is 1. The van der Waals surface area contributed by atoms with Gasteiger partial charge in [0.1, 0.15) is 11.6 Å². The Balaban J connectivity index is 1.61. The molecule has 4 rings (SSSR count). The first-order valence-corrected chi connectivity index (χ1v) is 12.3. The average Bonchev–Trinajstić information content (AvgIpc) is 3.15. The number of sulfone groups is 1. The van der Waals surface area contributed by atoms with Crippen molar-refractivity contribution in [3.8, 4) is 5.75 Å². The number of carbonyl (C=O) groups excluding carboxylic acids is 1. The zero-order valence-corrected chi connectivity index (χ0v) is 18.0. The van der Waals surface area contributed by atoms with Crippen LogP contribution < -0.4 is 9.64 Å². The average molecular weight is 449 g/mol. The van der Waals surface area contributed by atoms with Crippen LogP contribution >= 0.6 is 11.8 Å². The molecule has 1 amide bonds. The summed E-state index contributed by atoms with van der Waals surface area (Å²) in [5, 5.41) is 0.329. The minimum Gasteiger partial charge on any atom is -0.494 e. The predicted molar refractivity (Wildman–Crippen MR) is 116 cm³/mol. The summed E-state index contributed by atoms with van der Waals surface area (Å²) >= 11 is 1.33. The number of halogens is 1. The fourth-order valence-corrected chi connectivity index (χ4v) is 7.59. The van der Waals surface area contributed by atoms with E-state index >= 15 is 0 Å². The highest BCUT2D eigenvalue weighted by Crippen LogP contribution is 2.41. The van der Waals surface area contributed by atoms with E-state index in [0.717, 1.165) is 11.4 Å². The van der Waals surface area contributed by atoms with E-state index < -0.39 is 9.84 Å². The molecule has 6 nitrogen and oxygen atoms in total. The van der Waals surface area contributed by atoms with Gasteiger partial charge in [-0.2, -0.15) is 4.99 Å². The van der Waals surface area contributed by atoms with Crippen molar-refractivity contribution in [2.45, 2.75) is 24.6 Å². The molecule has 2 aromatic rings. The predicted octanol–water partition coefficient (Wildman–Crippen LogP) is 3.07. The number of nitrogens with zero attached hydrogens (tertiary/aromatic N) is 2. The van der Waals surface area contributed by atoms with Gasteiger partial charge in [0, 0.05) is 10.9 Å². The van der Waals surface area contributed by atoms with E-state index in [9.17, 15) is 17.6 Å². The molecule has 9 heteroatoms. The number of aliphatic imine (C=N–C) groups is 1. The molecule has 0 aliphatic carbocycles. The van der Waals surface area contributed by atoms with Gasteiger partial charge in [-0.05, 0) is 48.9 Å². The zero-order valence-electron chi connectivity index (χ0n) is 16.3. The van der Waals surface area contributed by atoms with Crippen molar-refractivity contribution in [2.75, 3.05) is 23.0 Å². The Morgan fingerprint density at radius 1 is 1.17 bits per heavy atom. The van der Waals surface area contributed by atoms with E-state index in [0.29, 0.717) is 17.3 Å². The second kappa shape index (κ2) is 8.39. The molecule has 0 N–H and O–H groups in total. The number of amidine groups is 1. The van der Waals surface area contributed by atoms with E-state index in [-0.39, 0.29) is 40.9 Å². The molecule has 158 valence electrons. The van der Waals surface area contributed by atoms with Crippen LogP contribution in [0.2, 0.25) is 0 Å². The normalized spacial score (nSPS) is 23.5. The third kappa shape index (κ3) is 4.52. The maximum atomic E-state index is 13.1. The van der Waals surface area contributed by atoms with Gasteiger partial charge in [0.05, 0.1) is 30.6 Å². The number of hydrogen-bond acceptors (Lipinski definition) is 5. The van der Waals surface area contributed by atoms with Crippen LogP contribution in [-0.4, -0.2) is 48.9 Å². The first-order chi connectivity index (χ1) is 14.3. The van der Waals surface area contributed by atoms with E-state index in [1.165, 1.54) is 23.9 Å². The van der Waals surface area contributed by atoms with E-state index in [2.05, 4.69) is 4.99 Å². The van der Waals surface area contributed by atoms with Crippen molar-refractivity contribution in [2.24, 2.45) is 4.99 Å². The maximum absolute atomic E-state index is 13.1. The lowest BCUT2D eigenvalue weighted by Crippen LogP contribution is -2.37. The standard InChI is InChI=1S/C21H21FN2O4S2/c1-2-28-17-9-7-16(8-10-17)24-18-12-30(26,27)13-19(18)29-21(24)23-20(25)11-14-3-5-15(22)6-4-14/h3-10,18-19H,2,11-13H2,1H3/t18-,19+/m1/s1. The third-order valence-electron chi connectivity index (χ3n) is 4.98. The molecule has 0 spiro atoms. The number of fused-ring (bicyclic) bond motifs is 1. The molecule has 2 aliphatic heterocycles. The fourth-order valence-electron chi connectivity index (χ4n) is 3.66. The fraction of sp³-hybridized carbons (Fsp3) is 0.333. The highest BCUT2D eigenvalue weighted by atomic mass is 32.2. The van der Waals surface area contributed by atoms with Crippen molar-refractivity contribution in [3.63, 3.8) is 0 Å². The summed E-state index contributed by atoms with van der Waals surface area (Å²) in [4.78, 5) is 18.7. The Labute approximate surface area is 179 Å². The topological polar surface area (TPSA) is 76.0 Å². The van der Waals surface area contributed by atoms with E-state index in [1.54, 1.807) is 12.1 Å². The maximum Gasteiger partial charge on any atom is 0.252 e. The number of benzene rings is 2. The molecule has 2 atom stereocenters. The van der Waals surface area contributed by atoms with Crippen LogP contribution in [0.4, 0.5) is 10.1 Å². The minimum atomic E-state index is -3.13. The quantitative estimate of drug-likeness (QED) is 0.700. The molecular formula is C21H21FN2O4S2. The summed E-state index contributed by atoms with van der Waals surface area (Å²) in [5.41, 5.74) is 1.44. The van der Waals surface area contributed by atoms with Gasteiger partial charge in [-0.15, -0.1) is 0 Å². The van der Waals surface area contributed by atoms with Gasteiger partial charge in [0.2, 0.25) is 0 Å². The zero-order chi connectivity index (χ0) is 21.3. The molecule has 2 aromatic carbocycles. The minimum absolute atomic E-state index is 0.0308. The van der Waals surface area contributed by atoms with Gasteiger partial charge in [-0.25, -0.2) is 12.8 Å². The number of carbonyl (C=O) groups is 1. The van der Waals surface area contributed by atoms with Crippen LogP contribution in [0.3, 0.4) is 0 Å². The number of thioether (sulfide) groups is 1. The monoisotopic (exact) mass is 448 g/mol. The lowest BCUT2D eigenvalue weighted by molar-refractivity contribution is -0.117. The van der Waals surface area contributed by atoms with Crippen molar-refractivity contribution >= 4 is 38.4 Å². The van der Waals surface area contributed by atoms with Crippen molar-refractivity contribution in [3.05, 3.63) is 59.9 Å². The number of anilines is 1. The molecule has 2 saturated heterocycles. The Morgan fingerprint density at radius 2 is 1.87 bits per heavy atom. The van der Waals surface area contributed by atoms with Crippen LogP contribution in [0.25, 0.3) is 0 Å². The number of hydrogen-bond donors (Lipinski definition) is 0. The second-order valence-electron chi connectivity index (χ2n) is 7.19. The van der Waals surface area contributed by atoms with Gasteiger partial charge in [-0.1, -0.05) is 23.9 Å². The molecule has 0 bridgehead atoms. The molecule has 0 saturated carbocycles. The lowest BCUT2D eigenvalue weighted by Gasteiger charge is -2.24. The first kappa shape index (κ1) is 20.9. The molecule has 0 unspecified atom stereocenters. The van der Waals surface area contributed by atoms with Gasteiger partial charge in [0.25, 0.3) is 5.91 Å². The Morgan fingerprint density at radius 3 is 2.53 bits per heavy atom. The summed E-state index contributed by atoms with van der Waals surface area (Å²) in [5.74, 6) is 0.0985. The summed E-state index contributed by atoms with van der Waals surface area (Å²) in [7, 11) is -3.13. The van der Waals surface area contributed by atoms with Crippen LogP contribution in [0.1, 0.15) is 12.5 Å². The Kier molecular flexibility index (Phi) is 5.84. The van der Waals surface area contributed by atoms with Gasteiger partial charge < -0.3 is 9.64 Å². The molecular weight excluding hydrogens is 427 g/mol. The largest absolute Gasteiger partial charge is 0.494 e. The molecule has 0 aromatic heterocycles. The number of rotatable bonds is 5. The number of ether oxygens (including phenoxy) is 1. The van der Waals surface area contributed by atoms with Crippen molar-refractivity contribution in [1.82, 2.24) is 0 Å². The highest BCUT2D eigenvalue weighted by molar-refractivity contribution is 8.16.